The summed E-state index contributed by atoms with van der Waals surface area (Å²) in [5.41, 5.74) is 0.712. The number of methoxy groups -OCH3 is 2. The van der Waals surface area contributed by atoms with Gasteiger partial charge in [0, 0.05) is 0 Å². The molecule has 0 heterocycles. The SMILES string of the molecule is COC(=O)C(COc1ccccc1F)c1ccc(OC)cc1. The van der Waals surface area contributed by atoms with Gasteiger partial charge in [0.15, 0.2) is 11.6 Å². The summed E-state index contributed by atoms with van der Waals surface area (Å²) < 4.78 is 28.9. The van der Waals surface area contributed by atoms with E-state index in [0.717, 1.165) is 0 Å². The molecule has 0 saturated carbocycles. The minimum atomic E-state index is -0.643. The van der Waals surface area contributed by atoms with Crippen LogP contribution < -0.4 is 9.47 Å². The minimum Gasteiger partial charge on any atom is -0.497 e. The van der Waals surface area contributed by atoms with Crippen molar-refractivity contribution in [1.29, 1.82) is 0 Å². The average molecular weight is 304 g/mol. The van der Waals surface area contributed by atoms with E-state index < -0.39 is 17.7 Å². The van der Waals surface area contributed by atoms with Crippen LogP contribution in [0.15, 0.2) is 48.5 Å². The van der Waals surface area contributed by atoms with Crippen molar-refractivity contribution in [2.75, 3.05) is 20.8 Å². The fourth-order valence-corrected chi connectivity index (χ4v) is 2.01. The van der Waals surface area contributed by atoms with E-state index in [-0.39, 0.29) is 12.4 Å². The van der Waals surface area contributed by atoms with Gasteiger partial charge >= 0.3 is 5.97 Å². The van der Waals surface area contributed by atoms with Gasteiger partial charge in [0.2, 0.25) is 0 Å². The molecule has 0 aliphatic rings. The summed E-state index contributed by atoms with van der Waals surface area (Å²) in [5.74, 6) is -0.773. The zero-order valence-electron chi connectivity index (χ0n) is 12.4. The molecule has 0 N–H and O–H groups in total. The predicted molar refractivity (Wildman–Crippen MR) is 79.6 cm³/mol. The summed E-state index contributed by atoms with van der Waals surface area (Å²) in [6, 6.07) is 13.1. The van der Waals surface area contributed by atoms with Gasteiger partial charge in [-0.1, -0.05) is 24.3 Å². The highest BCUT2D eigenvalue weighted by Gasteiger charge is 2.23. The van der Waals surface area contributed by atoms with E-state index in [0.29, 0.717) is 11.3 Å². The normalized spacial score (nSPS) is 11.6. The van der Waals surface area contributed by atoms with Crippen LogP contribution in [0.1, 0.15) is 11.5 Å². The van der Waals surface area contributed by atoms with E-state index in [4.69, 9.17) is 14.2 Å². The Balaban J connectivity index is 2.15. The maximum Gasteiger partial charge on any atom is 0.316 e. The molecule has 5 heteroatoms. The number of halogens is 1. The lowest BCUT2D eigenvalue weighted by molar-refractivity contribution is -0.143. The molecule has 1 atom stereocenters. The first-order valence-electron chi connectivity index (χ1n) is 6.74. The smallest absolute Gasteiger partial charge is 0.316 e. The quantitative estimate of drug-likeness (QED) is 0.769. The molecular formula is C17H17FO4. The summed E-state index contributed by atoms with van der Waals surface area (Å²) in [7, 11) is 2.87. The Labute approximate surface area is 128 Å². The van der Waals surface area contributed by atoms with Crippen LogP contribution in [-0.2, 0) is 9.53 Å². The van der Waals surface area contributed by atoms with E-state index in [1.807, 2.05) is 0 Å². The molecule has 2 rings (SSSR count). The number of carbonyl (C=O) groups excluding carboxylic acids is 1. The van der Waals surface area contributed by atoms with E-state index in [2.05, 4.69) is 0 Å². The average Bonchev–Trinajstić information content (AvgIpc) is 2.56. The number of esters is 1. The number of para-hydroxylation sites is 1. The Morgan fingerprint density at radius 1 is 1.09 bits per heavy atom. The molecule has 0 aromatic heterocycles. The van der Waals surface area contributed by atoms with Crippen molar-refractivity contribution in [1.82, 2.24) is 0 Å². The van der Waals surface area contributed by atoms with Crippen LogP contribution in [0.5, 0.6) is 11.5 Å². The fraction of sp³-hybridized carbons (Fsp3) is 0.235. The van der Waals surface area contributed by atoms with Gasteiger partial charge in [0.25, 0.3) is 0 Å². The van der Waals surface area contributed by atoms with Crippen LogP contribution in [-0.4, -0.2) is 26.8 Å². The van der Waals surface area contributed by atoms with Gasteiger partial charge in [-0.2, -0.15) is 0 Å². The molecule has 0 radical (unpaired) electrons. The number of rotatable bonds is 6. The molecule has 22 heavy (non-hydrogen) atoms. The van der Waals surface area contributed by atoms with E-state index in [1.165, 1.54) is 19.2 Å². The molecule has 0 amide bonds. The van der Waals surface area contributed by atoms with E-state index >= 15 is 0 Å². The Morgan fingerprint density at radius 2 is 1.77 bits per heavy atom. The van der Waals surface area contributed by atoms with Gasteiger partial charge in [0.1, 0.15) is 18.3 Å². The van der Waals surface area contributed by atoms with Crippen LogP contribution in [0.4, 0.5) is 4.39 Å². The Hall–Kier alpha value is -2.56. The van der Waals surface area contributed by atoms with Crippen LogP contribution in [0.25, 0.3) is 0 Å². The second-order valence-electron chi connectivity index (χ2n) is 4.59. The first-order valence-corrected chi connectivity index (χ1v) is 6.74. The van der Waals surface area contributed by atoms with Gasteiger partial charge < -0.3 is 14.2 Å². The van der Waals surface area contributed by atoms with Crippen LogP contribution in [0, 0.1) is 5.82 Å². The Bertz CT molecular complexity index is 625. The lowest BCUT2D eigenvalue weighted by Crippen LogP contribution is -2.21. The van der Waals surface area contributed by atoms with Gasteiger partial charge in [-0.15, -0.1) is 0 Å². The van der Waals surface area contributed by atoms with Gasteiger partial charge in [0.05, 0.1) is 14.2 Å². The molecule has 0 bridgehead atoms. The van der Waals surface area contributed by atoms with Crippen LogP contribution in [0.2, 0.25) is 0 Å². The third kappa shape index (κ3) is 3.75. The number of ether oxygens (including phenoxy) is 3. The minimum absolute atomic E-state index is 0.0140. The topological polar surface area (TPSA) is 44.8 Å². The van der Waals surface area contributed by atoms with Crippen molar-refractivity contribution in [2.24, 2.45) is 0 Å². The third-order valence-electron chi connectivity index (χ3n) is 3.25. The second kappa shape index (κ2) is 7.45. The molecule has 1 unspecified atom stereocenters. The standard InChI is InChI=1S/C17H17FO4/c1-20-13-9-7-12(8-10-13)14(17(19)21-2)11-22-16-6-4-3-5-15(16)18/h3-10,14H,11H2,1-2H3. The Morgan fingerprint density at radius 3 is 2.36 bits per heavy atom. The molecule has 0 saturated heterocycles. The van der Waals surface area contributed by atoms with Crippen molar-refractivity contribution < 1.29 is 23.4 Å². The predicted octanol–water partition coefficient (Wildman–Crippen LogP) is 3.17. The largest absolute Gasteiger partial charge is 0.497 e. The van der Waals surface area contributed by atoms with Gasteiger partial charge in [-0.3, -0.25) is 4.79 Å². The maximum absolute atomic E-state index is 13.6. The van der Waals surface area contributed by atoms with Gasteiger partial charge in [-0.05, 0) is 29.8 Å². The zero-order valence-corrected chi connectivity index (χ0v) is 12.4. The monoisotopic (exact) mass is 304 g/mol. The maximum atomic E-state index is 13.6. The van der Waals surface area contributed by atoms with E-state index in [1.54, 1.807) is 43.5 Å². The summed E-state index contributed by atoms with van der Waals surface area (Å²) in [4.78, 5) is 11.9. The third-order valence-corrected chi connectivity index (χ3v) is 3.25. The molecule has 4 nitrogen and oxygen atoms in total. The van der Waals surface area contributed by atoms with Crippen LogP contribution >= 0.6 is 0 Å². The molecular weight excluding hydrogens is 287 g/mol. The highest BCUT2D eigenvalue weighted by atomic mass is 19.1. The summed E-state index contributed by atoms with van der Waals surface area (Å²) in [5, 5.41) is 0. The number of benzene rings is 2. The first-order chi connectivity index (χ1) is 10.7. The lowest BCUT2D eigenvalue weighted by Gasteiger charge is -2.16. The number of hydrogen-bond donors (Lipinski definition) is 0. The van der Waals surface area contributed by atoms with Gasteiger partial charge in [-0.25, -0.2) is 4.39 Å². The van der Waals surface area contributed by atoms with Crippen molar-refractivity contribution in [3.05, 3.63) is 59.9 Å². The van der Waals surface area contributed by atoms with Crippen molar-refractivity contribution in [3.8, 4) is 11.5 Å². The first kappa shape index (κ1) is 15.8. The number of carbonyl (C=O) groups is 1. The van der Waals surface area contributed by atoms with Crippen molar-refractivity contribution in [2.45, 2.75) is 5.92 Å². The summed E-state index contributed by atoms with van der Waals surface area (Å²) in [6.07, 6.45) is 0. The highest BCUT2D eigenvalue weighted by Crippen LogP contribution is 2.23. The molecule has 116 valence electrons. The fourth-order valence-electron chi connectivity index (χ4n) is 2.01. The molecule has 2 aromatic rings. The summed E-state index contributed by atoms with van der Waals surface area (Å²) >= 11 is 0. The van der Waals surface area contributed by atoms with Crippen LogP contribution in [0.3, 0.4) is 0 Å². The molecule has 2 aromatic carbocycles. The zero-order chi connectivity index (χ0) is 15.9. The highest BCUT2D eigenvalue weighted by molar-refractivity contribution is 5.78. The summed E-state index contributed by atoms with van der Waals surface area (Å²) in [6.45, 7) is -0.0140. The Kier molecular flexibility index (Phi) is 5.36. The molecule has 0 fully saturated rings. The van der Waals surface area contributed by atoms with Crippen molar-refractivity contribution >= 4 is 5.97 Å². The lowest BCUT2D eigenvalue weighted by atomic mass is 10.00. The molecule has 0 aliphatic heterocycles. The molecule has 0 spiro atoms. The van der Waals surface area contributed by atoms with E-state index in [9.17, 15) is 9.18 Å². The van der Waals surface area contributed by atoms with Crippen molar-refractivity contribution in [3.63, 3.8) is 0 Å². The second-order valence-corrected chi connectivity index (χ2v) is 4.59. The molecule has 0 aliphatic carbocycles. The number of hydrogen-bond acceptors (Lipinski definition) is 4.